The summed E-state index contributed by atoms with van der Waals surface area (Å²) in [5.41, 5.74) is 23.7. The fraction of sp³-hybridized carbons (Fsp3) is 0.200. The summed E-state index contributed by atoms with van der Waals surface area (Å²) >= 11 is 0. The van der Waals surface area contributed by atoms with Gasteiger partial charge in [0.1, 0.15) is 0 Å². The highest BCUT2D eigenvalue weighted by molar-refractivity contribution is 7.00. The van der Waals surface area contributed by atoms with Crippen LogP contribution in [0.2, 0.25) is 0 Å². The number of anilines is 6. The Morgan fingerprint density at radius 2 is 0.682 bits per heavy atom. The van der Waals surface area contributed by atoms with E-state index in [9.17, 15) is 0 Å². The number of para-hydroxylation sites is 1. The third kappa shape index (κ3) is 9.59. The number of fused-ring (bicyclic) bond motifs is 7. The van der Waals surface area contributed by atoms with Gasteiger partial charge in [-0.2, -0.15) is 0 Å². The van der Waals surface area contributed by atoms with Crippen LogP contribution in [-0.2, 0) is 21.7 Å². The number of nitrogens with zero attached hydrogens (tertiary/aromatic N) is 4. The van der Waals surface area contributed by atoms with Crippen molar-refractivity contribution >= 4 is 89.7 Å². The van der Waals surface area contributed by atoms with Crippen LogP contribution in [0.3, 0.4) is 0 Å². The topological polar surface area (TPSA) is 32.3 Å². The van der Waals surface area contributed by atoms with Crippen molar-refractivity contribution in [2.75, 3.05) is 9.80 Å². The van der Waals surface area contributed by atoms with Crippen LogP contribution >= 0.6 is 0 Å². The van der Waals surface area contributed by atoms with Gasteiger partial charge < -0.3 is 9.80 Å². The van der Waals surface area contributed by atoms with Crippen molar-refractivity contribution in [1.29, 1.82) is 0 Å². The summed E-state index contributed by atoms with van der Waals surface area (Å²) in [4.78, 5) is 16.8. The molecule has 0 amide bonds. The van der Waals surface area contributed by atoms with Crippen molar-refractivity contribution in [3.8, 4) is 44.9 Å². The van der Waals surface area contributed by atoms with Gasteiger partial charge in [0, 0.05) is 50.6 Å². The standard InChI is InChI=1S/C80H73BN4/c1-77(2,3)60-44-61(78(4,5)6)47-64(46-60)84-70-40-54-31-21-19-29-52(54)38-67(70)81-68-39-53-30-20-22-32-55(53)41-71(68)85(65-48-62(79(7,8)9)45-63(49-65)80(10,11)12)73-43-59(42-72(84)74(73)81)76-82-69-34-24-23-33-66(69)75(83-76)58-36-56(50-25-15-13-16-26-50)35-57(37-58)51-27-17-14-18-28-51/h13-49H,1-12H3. The van der Waals surface area contributed by atoms with Gasteiger partial charge in [0.2, 0.25) is 0 Å². The normalized spacial score (nSPS) is 13.3. The molecule has 0 atom stereocenters. The van der Waals surface area contributed by atoms with Crippen molar-refractivity contribution < 1.29 is 0 Å². The zero-order valence-electron chi connectivity index (χ0n) is 51.2. The number of aromatic nitrogens is 2. The summed E-state index contributed by atoms with van der Waals surface area (Å²) in [6.45, 7) is 28.0. The van der Waals surface area contributed by atoms with E-state index in [1.807, 2.05) is 0 Å². The average molecular weight is 1100 g/mol. The molecular weight excluding hydrogens is 1030 g/mol. The van der Waals surface area contributed by atoms with Crippen molar-refractivity contribution in [1.82, 2.24) is 9.97 Å². The summed E-state index contributed by atoms with van der Waals surface area (Å²) in [5, 5.41) is 5.86. The molecule has 0 unspecified atom stereocenters. The van der Waals surface area contributed by atoms with Gasteiger partial charge in [-0.15, -0.1) is 0 Å². The third-order valence-corrected chi connectivity index (χ3v) is 17.9. The van der Waals surface area contributed by atoms with E-state index in [1.54, 1.807) is 0 Å². The molecule has 0 N–H and O–H groups in total. The number of benzene rings is 11. The second-order valence-electron chi connectivity index (χ2n) is 28.0. The van der Waals surface area contributed by atoms with Crippen LogP contribution in [-0.4, -0.2) is 16.7 Å². The highest BCUT2D eigenvalue weighted by Gasteiger charge is 2.45. The Kier molecular flexibility index (Phi) is 12.5. The molecule has 5 heteroatoms. The first-order valence-electron chi connectivity index (χ1n) is 30.3. The maximum Gasteiger partial charge on any atom is 0.252 e. The summed E-state index contributed by atoms with van der Waals surface area (Å²) in [5.74, 6) is 0.668. The lowest BCUT2D eigenvalue weighted by Crippen LogP contribution is -2.61. The fourth-order valence-corrected chi connectivity index (χ4v) is 13.1. The molecule has 1 aromatic heterocycles. The van der Waals surface area contributed by atoms with Gasteiger partial charge in [0.15, 0.2) is 5.82 Å². The zero-order chi connectivity index (χ0) is 58.9. The second-order valence-corrected chi connectivity index (χ2v) is 28.0. The Bertz CT molecular complexity index is 4340. The molecule has 4 nitrogen and oxygen atoms in total. The Hall–Kier alpha value is -9.06. The van der Waals surface area contributed by atoms with Gasteiger partial charge >= 0.3 is 0 Å². The van der Waals surface area contributed by atoms with E-state index in [0.717, 1.165) is 72.7 Å². The number of hydrogen-bond donors (Lipinski definition) is 0. The van der Waals surface area contributed by atoms with E-state index < -0.39 is 0 Å². The molecule has 0 saturated heterocycles. The van der Waals surface area contributed by atoms with Crippen molar-refractivity contribution in [2.24, 2.45) is 0 Å². The van der Waals surface area contributed by atoms with Gasteiger partial charge in [0.25, 0.3) is 6.71 Å². The lowest BCUT2D eigenvalue weighted by Gasteiger charge is -2.45. The largest absolute Gasteiger partial charge is 0.311 e. The van der Waals surface area contributed by atoms with E-state index in [0.29, 0.717) is 5.82 Å². The molecule has 14 rings (SSSR count). The molecule has 3 heterocycles. The molecule has 0 spiro atoms. The van der Waals surface area contributed by atoms with Crippen molar-refractivity contribution in [3.63, 3.8) is 0 Å². The molecule has 0 fully saturated rings. The first-order chi connectivity index (χ1) is 40.6. The molecular formula is C80H73BN4. The molecule has 85 heavy (non-hydrogen) atoms. The maximum absolute atomic E-state index is 5.88. The molecule has 2 aliphatic rings. The molecule has 416 valence electrons. The van der Waals surface area contributed by atoms with Gasteiger partial charge in [0.05, 0.1) is 11.2 Å². The van der Waals surface area contributed by atoms with Crippen LogP contribution in [0.15, 0.2) is 224 Å². The minimum Gasteiger partial charge on any atom is -0.311 e. The molecule has 0 saturated carbocycles. The average Bonchev–Trinajstić information content (AvgIpc) is 0.895. The monoisotopic (exact) mass is 1100 g/mol. The molecule has 0 radical (unpaired) electrons. The first-order valence-corrected chi connectivity index (χ1v) is 30.3. The SMILES string of the molecule is CC(C)(C)c1cc(N2c3cc4ccccc4cc3B3c4cc5ccccc5cc4N(c4cc(C(C)(C)C)cc(C(C)(C)C)c4)c4cc(-c5nc(-c6cc(-c7ccccc7)cc(-c7ccccc7)c6)c6ccccc6n5)cc2c43)cc(C(C)(C)C)c1. The van der Waals surface area contributed by atoms with Gasteiger partial charge in [-0.3, -0.25) is 0 Å². The van der Waals surface area contributed by atoms with Crippen LogP contribution in [0, 0.1) is 0 Å². The predicted octanol–water partition coefficient (Wildman–Crippen LogP) is 19.9. The smallest absolute Gasteiger partial charge is 0.252 e. The molecule has 0 aliphatic carbocycles. The van der Waals surface area contributed by atoms with Gasteiger partial charge in [-0.25, -0.2) is 9.97 Å². The molecule has 2 aliphatic heterocycles. The quantitative estimate of drug-likeness (QED) is 0.155. The van der Waals surface area contributed by atoms with Crippen molar-refractivity contribution in [3.05, 3.63) is 247 Å². The summed E-state index contributed by atoms with van der Waals surface area (Å²) < 4.78 is 0. The van der Waals surface area contributed by atoms with Crippen LogP contribution in [0.1, 0.15) is 105 Å². The predicted molar refractivity (Wildman–Crippen MR) is 365 cm³/mol. The Morgan fingerprint density at radius 3 is 1.11 bits per heavy atom. The Morgan fingerprint density at radius 1 is 0.306 bits per heavy atom. The minimum absolute atomic E-state index is 0.128. The molecule has 0 bridgehead atoms. The van der Waals surface area contributed by atoms with Crippen LogP contribution < -0.4 is 26.2 Å². The van der Waals surface area contributed by atoms with Crippen LogP contribution in [0.4, 0.5) is 34.1 Å². The summed E-state index contributed by atoms with van der Waals surface area (Å²) in [6.07, 6.45) is 0. The highest BCUT2D eigenvalue weighted by Crippen LogP contribution is 2.50. The zero-order valence-corrected chi connectivity index (χ0v) is 51.2. The van der Waals surface area contributed by atoms with E-state index in [1.165, 1.54) is 71.6 Å². The first kappa shape index (κ1) is 53.9. The summed E-state index contributed by atoms with van der Waals surface area (Å²) in [6, 6.07) is 84.3. The molecule has 12 aromatic rings. The minimum atomic E-state index is -0.130. The fourth-order valence-electron chi connectivity index (χ4n) is 13.1. The van der Waals surface area contributed by atoms with E-state index >= 15 is 0 Å². The third-order valence-electron chi connectivity index (χ3n) is 17.9. The second kappa shape index (κ2) is 19.8. The van der Waals surface area contributed by atoms with E-state index in [4.69, 9.17) is 9.97 Å². The van der Waals surface area contributed by atoms with Gasteiger partial charge in [-0.05, 0) is 177 Å². The molecule has 11 aromatic carbocycles. The van der Waals surface area contributed by atoms with E-state index in [-0.39, 0.29) is 28.4 Å². The Labute approximate surface area is 503 Å². The van der Waals surface area contributed by atoms with Gasteiger partial charge in [-0.1, -0.05) is 235 Å². The van der Waals surface area contributed by atoms with E-state index in [2.05, 4.69) is 317 Å². The lowest BCUT2D eigenvalue weighted by atomic mass is 9.33. The lowest BCUT2D eigenvalue weighted by molar-refractivity contribution is 0.568. The maximum atomic E-state index is 5.88. The van der Waals surface area contributed by atoms with Crippen LogP contribution in [0.25, 0.3) is 77.3 Å². The van der Waals surface area contributed by atoms with Crippen LogP contribution in [0.5, 0.6) is 0 Å². The summed E-state index contributed by atoms with van der Waals surface area (Å²) in [7, 11) is 0. The van der Waals surface area contributed by atoms with Crippen molar-refractivity contribution in [2.45, 2.75) is 105 Å². The Balaban J connectivity index is 1.14. The number of hydrogen-bond acceptors (Lipinski definition) is 4. The highest BCUT2D eigenvalue weighted by atomic mass is 15.2. The number of rotatable bonds is 6.